The Labute approximate surface area is 274 Å². The Morgan fingerprint density at radius 1 is 0.848 bits per heavy atom. The van der Waals surface area contributed by atoms with Crippen molar-refractivity contribution in [2.45, 2.75) is 64.7 Å². The third kappa shape index (κ3) is 8.75. The number of nitrogens with zero attached hydrogens (tertiary/aromatic N) is 4. The molecule has 2 saturated heterocycles. The van der Waals surface area contributed by atoms with Crippen molar-refractivity contribution in [2.75, 3.05) is 52.4 Å². The van der Waals surface area contributed by atoms with E-state index in [2.05, 4.69) is 77.1 Å². The molecule has 1 N–H and O–H groups in total. The lowest BCUT2D eigenvalue weighted by Gasteiger charge is -2.47. The molecule has 1 amide bonds. The first-order chi connectivity index (χ1) is 22.3. The number of esters is 1. The van der Waals surface area contributed by atoms with Gasteiger partial charge in [0.1, 0.15) is 5.75 Å². The van der Waals surface area contributed by atoms with Crippen molar-refractivity contribution >= 4 is 11.9 Å². The molecule has 3 aromatic carbocycles. The maximum absolute atomic E-state index is 13.8. The summed E-state index contributed by atoms with van der Waals surface area (Å²) < 4.78 is 5.03. The molecule has 0 spiro atoms. The lowest BCUT2D eigenvalue weighted by Crippen LogP contribution is -2.56. The van der Waals surface area contributed by atoms with Crippen LogP contribution in [0.5, 0.6) is 5.75 Å². The van der Waals surface area contributed by atoms with Gasteiger partial charge in [0, 0.05) is 69.9 Å². The van der Waals surface area contributed by atoms with Crippen molar-refractivity contribution in [1.82, 2.24) is 19.6 Å². The molecule has 0 bridgehead atoms. The molecule has 46 heavy (non-hydrogen) atoms. The minimum absolute atomic E-state index is 0.0626. The average Bonchev–Trinajstić information content (AvgIpc) is 3.06. The van der Waals surface area contributed by atoms with E-state index in [0.717, 1.165) is 63.2 Å². The summed E-state index contributed by atoms with van der Waals surface area (Å²) >= 11 is 0. The van der Waals surface area contributed by atoms with E-state index in [9.17, 15) is 14.7 Å². The van der Waals surface area contributed by atoms with E-state index in [1.165, 1.54) is 5.56 Å². The summed E-state index contributed by atoms with van der Waals surface area (Å²) in [5.74, 6) is 0.185. The van der Waals surface area contributed by atoms with E-state index in [1.807, 2.05) is 36.1 Å². The number of aromatic hydroxyl groups is 1. The predicted octanol–water partition coefficient (Wildman–Crippen LogP) is 5.57. The fourth-order valence-electron chi connectivity index (χ4n) is 6.93. The van der Waals surface area contributed by atoms with E-state index >= 15 is 0 Å². The lowest BCUT2D eigenvalue weighted by molar-refractivity contribution is -0.143. The Bertz CT molecular complexity index is 1420. The second-order valence-electron chi connectivity index (χ2n) is 12.8. The van der Waals surface area contributed by atoms with Crippen molar-refractivity contribution in [3.63, 3.8) is 0 Å². The molecular weight excluding hydrogens is 576 g/mol. The maximum Gasteiger partial charge on any atom is 0.305 e. The summed E-state index contributed by atoms with van der Waals surface area (Å²) in [6.45, 7) is 13.5. The van der Waals surface area contributed by atoms with Crippen LogP contribution in [0, 0.1) is 0 Å². The highest BCUT2D eigenvalue weighted by atomic mass is 16.5. The minimum atomic E-state index is -0.124. The highest BCUT2D eigenvalue weighted by molar-refractivity contribution is 5.94. The fraction of sp³-hybridized carbons (Fsp3) is 0.474. The Hall–Kier alpha value is -3.72. The van der Waals surface area contributed by atoms with E-state index < -0.39 is 0 Å². The van der Waals surface area contributed by atoms with Crippen LogP contribution >= 0.6 is 0 Å². The van der Waals surface area contributed by atoms with Gasteiger partial charge in [0.05, 0.1) is 12.6 Å². The number of carbonyl (C=O) groups excluding carboxylic acids is 2. The van der Waals surface area contributed by atoms with Crippen LogP contribution in [0.25, 0.3) is 0 Å². The number of ether oxygens (including phenoxy) is 1. The topological polar surface area (TPSA) is 76.6 Å². The molecule has 2 aliphatic rings. The van der Waals surface area contributed by atoms with Gasteiger partial charge in [-0.15, -0.1) is 0 Å². The van der Waals surface area contributed by atoms with Gasteiger partial charge in [-0.1, -0.05) is 54.6 Å². The number of hydrogen-bond donors (Lipinski definition) is 1. The first-order valence-corrected chi connectivity index (χ1v) is 16.9. The lowest BCUT2D eigenvalue weighted by atomic mass is 9.92. The number of carbonyl (C=O) groups is 2. The number of rotatable bonds is 12. The van der Waals surface area contributed by atoms with Crippen molar-refractivity contribution < 1.29 is 19.4 Å². The molecule has 0 aliphatic carbocycles. The van der Waals surface area contributed by atoms with Gasteiger partial charge in [-0.25, -0.2) is 0 Å². The molecule has 8 heteroatoms. The Balaban J connectivity index is 1.26. The molecule has 2 heterocycles. The van der Waals surface area contributed by atoms with Gasteiger partial charge in [-0.05, 0) is 81.1 Å². The van der Waals surface area contributed by atoms with Gasteiger partial charge in [-0.3, -0.25) is 24.3 Å². The number of amides is 1. The minimum Gasteiger partial charge on any atom is -0.508 e. The molecular formula is C38H50N4O4. The van der Waals surface area contributed by atoms with Crippen LogP contribution in [0.4, 0.5) is 0 Å². The Morgan fingerprint density at radius 2 is 1.57 bits per heavy atom. The molecule has 8 nitrogen and oxygen atoms in total. The first-order valence-electron chi connectivity index (χ1n) is 16.9. The number of phenols is 1. The molecule has 5 rings (SSSR count). The summed E-state index contributed by atoms with van der Waals surface area (Å²) in [7, 11) is 0. The summed E-state index contributed by atoms with van der Waals surface area (Å²) in [6.07, 6.45) is 2.24. The summed E-state index contributed by atoms with van der Waals surface area (Å²) in [5, 5.41) is 10.5. The first kappa shape index (κ1) is 33.6. The van der Waals surface area contributed by atoms with Crippen LogP contribution in [-0.2, 0) is 16.1 Å². The molecule has 2 fully saturated rings. The highest BCUT2D eigenvalue weighted by Crippen LogP contribution is 2.35. The Kier molecular flexibility index (Phi) is 11.9. The largest absolute Gasteiger partial charge is 0.508 e. The second-order valence-corrected chi connectivity index (χ2v) is 12.8. The molecule has 1 unspecified atom stereocenters. The van der Waals surface area contributed by atoms with Gasteiger partial charge in [0.25, 0.3) is 5.91 Å². The number of benzene rings is 3. The second kappa shape index (κ2) is 16.2. The van der Waals surface area contributed by atoms with Gasteiger partial charge in [-0.2, -0.15) is 0 Å². The maximum atomic E-state index is 13.8. The molecule has 246 valence electrons. The summed E-state index contributed by atoms with van der Waals surface area (Å²) in [6, 6.07) is 26.8. The number of piperazine rings is 2. The molecule has 3 atom stereocenters. The standard InChI is InChI=1S/C38H50N4O4/c1-4-46-36(44)18-8-9-19-39-20-22-40(23-21-39)38(45)34-16-10-14-32(24-34)37(33-15-11-17-35(43)25-33)42-27-29(2)41(26-30(42)3)28-31-12-6-5-7-13-31/h5-7,10-17,24-25,29-30,37,43H,4,8-9,18-23,26-28H2,1-3H3/t29-,30-,37?/m1/s1. The van der Waals surface area contributed by atoms with Crippen molar-refractivity contribution in [2.24, 2.45) is 0 Å². The van der Waals surface area contributed by atoms with Gasteiger partial charge in [0.15, 0.2) is 0 Å². The van der Waals surface area contributed by atoms with Gasteiger partial charge < -0.3 is 14.7 Å². The van der Waals surface area contributed by atoms with Gasteiger partial charge in [0.2, 0.25) is 0 Å². The molecule has 2 aliphatic heterocycles. The monoisotopic (exact) mass is 626 g/mol. The SMILES string of the molecule is CCOC(=O)CCCCN1CCN(C(=O)c2cccc(C(c3cccc(O)c3)N3C[C@@H](C)N(Cc4ccccc4)C[C@H]3C)c2)CC1. The zero-order chi connectivity index (χ0) is 32.5. The van der Waals surface area contributed by atoms with Crippen molar-refractivity contribution in [3.8, 4) is 5.75 Å². The molecule has 3 aromatic rings. The van der Waals surface area contributed by atoms with Crippen LogP contribution in [0.3, 0.4) is 0 Å². The normalized spacial score (nSPS) is 20.4. The highest BCUT2D eigenvalue weighted by Gasteiger charge is 2.35. The van der Waals surface area contributed by atoms with E-state index in [0.29, 0.717) is 37.7 Å². The number of hydrogen-bond acceptors (Lipinski definition) is 7. The van der Waals surface area contributed by atoms with E-state index in [1.54, 1.807) is 6.07 Å². The van der Waals surface area contributed by atoms with Crippen LogP contribution in [-0.4, -0.2) is 101 Å². The quantitative estimate of drug-likeness (QED) is 0.208. The number of phenolic OH excluding ortho intramolecular Hbond substituents is 1. The number of unbranched alkanes of at least 4 members (excludes halogenated alkanes) is 1. The summed E-state index contributed by atoms with van der Waals surface area (Å²) in [5.41, 5.74) is 4.11. The predicted molar refractivity (Wildman–Crippen MR) is 182 cm³/mol. The van der Waals surface area contributed by atoms with Crippen LogP contribution in [0.2, 0.25) is 0 Å². The van der Waals surface area contributed by atoms with Crippen molar-refractivity contribution in [3.05, 3.63) is 101 Å². The van der Waals surface area contributed by atoms with Crippen LogP contribution in [0.1, 0.15) is 73.1 Å². The average molecular weight is 627 g/mol. The third-order valence-corrected chi connectivity index (χ3v) is 9.43. The van der Waals surface area contributed by atoms with Crippen LogP contribution < -0.4 is 0 Å². The molecule has 0 radical (unpaired) electrons. The van der Waals surface area contributed by atoms with E-state index in [-0.39, 0.29) is 29.7 Å². The fourth-order valence-corrected chi connectivity index (χ4v) is 6.93. The molecule has 0 aromatic heterocycles. The zero-order valence-electron chi connectivity index (χ0n) is 27.7. The van der Waals surface area contributed by atoms with Crippen LogP contribution in [0.15, 0.2) is 78.9 Å². The third-order valence-electron chi connectivity index (χ3n) is 9.43. The zero-order valence-corrected chi connectivity index (χ0v) is 27.7. The van der Waals surface area contributed by atoms with E-state index in [4.69, 9.17) is 4.74 Å². The van der Waals surface area contributed by atoms with Gasteiger partial charge >= 0.3 is 5.97 Å². The Morgan fingerprint density at radius 3 is 2.28 bits per heavy atom. The van der Waals surface area contributed by atoms with Crippen molar-refractivity contribution in [1.29, 1.82) is 0 Å². The smallest absolute Gasteiger partial charge is 0.305 e. The molecule has 0 saturated carbocycles. The summed E-state index contributed by atoms with van der Waals surface area (Å²) in [4.78, 5) is 34.8.